The quantitative estimate of drug-likeness (QED) is 0.500. The van der Waals surface area contributed by atoms with Gasteiger partial charge in [0.2, 0.25) is 5.91 Å². The molecule has 3 rings (SSSR count). The molecule has 0 bridgehead atoms. The van der Waals surface area contributed by atoms with E-state index in [-0.39, 0.29) is 11.9 Å². The number of carboxylic acid groups (broad SMARTS) is 1. The lowest BCUT2D eigenvalue weighted by Crippen LogP contribution is -2.36. The van der Waals surface area contributed by atoms with E-state index < -0.39 is 12.1 Å². The maximum absolute atomic E-state index is 12.4. The van der Waals surface area contributed by atoms with Crippen LogP contribution in [0.4, 0.5) is 5.69 Å². The zero-order chi connectivity index (χ0) is 21.5. The molecule has 1 aliphatic rings. The third-order valence-electron chi connectivity index (χ3n) is 5.39. The van der Waals surface area contributed by atoms with E-state index in [1.165, 1.54) is 11.3 Å². The topological polar surface area (TPSA) is 87.1 Å². The van der Waals surface area contributed by atoms with Crippen LogP contribution in [-0.2, 0) is 16.1 Å². The lowest BCUT2D eigenvalue weighted by molar-refractivity contribution is -0.117. The van der Waals surface area contributed by atoms with E-state index in [2.05, 4.69) is 6.92 Å². The fraction of sp³-hybridized carbons (Fsp3) is 0.478. The van der Waals surface area contributed by atoms with E-state index in [1.807, 2.05) is 24.3 Å². The molecule has 1 fully saturated rings. The Kier molecular flexibility index (Phi) is 8.01. The van der Waals surface area contributed by atoms with Crippen LogP contribution in [0.2, 0.25) is 0 Å². The van der Waals surface area contributed by atoms with Gasteiger partial charge in [-0.25, -0.2) is 4.79 Å². The summed E-state index contributed by atoms with van der Waals surface area (Å²) >= 11 is 1.20. The van der Waals surface area contributed by atoms with Gasteiger partial charge < -0.3 is 19.8 Å². The third kappa shape index (κ3) is 5.68. The molecule has 1 aromatic heterocycles. The van der Waals surface area contributed by atoms with Gasteiger partial charge in [-0.05, 0) is 42.7 Å². The maximum atomic E-state index is 12.4. The predicted octanol–water partition coefficient (Wildman–Crippen LogP) is 4.77. The van der Waals surface area contributed by atoms with Gasteiger partial charge in [-0.2, -0.15) is 0 Å². The first-order chi connectivity index (χ1) is 14.5. The van der Waals surface area contributed by atoms with Crippen molar-refractivity contribution < 1.29 is 24.5 Å². The Bertz CT molecular complexity index is 848. The number of carbonyl (C=O) groups is 2. The van der Waals surface area contributed by atoms with E-state index in [9.17, 15) is 14.7 Å². The van der Waals surface area contributed by atoms with Crippen molar-refractivity contribution in [2.45, 2.75) is 64.2 Å². The van der Waals surface area contributed by atoms with Crippen LogP contribution < -0.4 is 4.90 Å². The molecule has 1 amide bonds. The summed E-state index contributed by atoms with van der Waals surface area (Å²) in [7, 11) is 0. The van der Waals surface area contributed by atoms with Crippen LogP contribution in [0.3, 0.4) is 0 Å². The Hall–Kier alpha value is -2.22. The second kappa shape index (κ2) is 10.7. The van der Waals surface area contributed by atoms with Crippen LogP contribution in [0.15, 0.2) is 36.4 Å². The molecule has 2 N–H and O–H groups in total. The number of aromatic carboxylic acids is 1. The molecule has 0 aliphatic carbocycles. The van der Waals surface area contributed by atoms with Crippen molar-refractivity contribution in [3.8, 4) is 0 Å². The Balaban J connectivity index is 1.56. The summed E-state index contributed by atoms with van der Waals surface area (Å²) in [6.07, 6.45) is 4.73. The first-order valence-corrected chi connectivity index (χ1v) is 11.3. The minimum absolute atomic E-state index is 0.0447. The molecular weight excluding hydrogens is 402 g/mol. The number of thiophene rings is 1. The van der Waals surface area contributed by atoms with Crippen LogP contribution in [0.25, 0.3) is 0 Å². The summed E-state index contributed by atoms with van der Waals surface area (Å²) in [5.41, 5.74) is 1.70. The van der Waals surface area contributed by atoms with E-state index in [0.717, 1.165) is 48.2 Å². The number of carboxylic acids is 1. The van der Waals surface area contributed by atoms with Crippen LogP contribution in [0.1, 0.15) is 71.7 Å². The van der Waals surface area contributed by atoms with Crippen LogP contribution >= 0.6 is 11.3 Å². The van der Waals surface area contributed by atoms with Gasteiger partial charge >= 0.3 is 5.97 Å². The molecule has 0 spiro atoms. The van der Waals surface area contributed by atoms with Gasteiger partial charge in [0.05, 0.1) is 25.4 Å². The number of aliphatic hydroxyl groups is 1. The number of hydrogen-bond donors (Lipinski definition) is 2. The number of unbranched alkanes of at least 4 members (excludes halogenated alkanes) is 2. The second-order valence-corrected chi connectivity index (χ2v) is 8.81. The van der Waals surface area contributed by atoms with E-state index in [4.69, 9.17) is 9.84 Å². The monoisotopic (exact) mass is 431 g/mol. The van der Waals surface area contributed by atoms with E-state index >= 15 is 0 Å². The first-order valence-electron chi connectivity index (χ1n) is 10.5. The molecule has 30 heavy (non-hydrogen) atoms. The summed E-state index contributed by atoms with van der Waals surface area (Å²) in [6.45, 7) is 2.87. The highest BCUT2D eigenvalue weighted by atomic mass is 32.1. The van der Waals surface area contributed by atoms with Gasteiger partial charge in [-0.1, -0.05) is 38.3 Å². The summed E-state index contributed by atoms with van der Waals surface area (Å²) < 4.78 is 5.80. The highest BCUT2D eigenvalue weighted by molar-refractivity contribution is 7.13. The number of aliphatic hydroxyl groups excluding tert-OH is 1. The molecule has 2 heterocycles. The zero-order valence-corrected chi connectivity index (χ0v) is 18.1. The van der Waals surface area contributed by atoms with Gasteiger partial charge in [0.1, 0.15) is 4.88 Å². The predicted molar refractivity (Wildman–Crippen MR) is 117 cm³/mol. The third-order valence-corrected chi connectivity index (χ3v) is 6.44. The fourth-order valence-corrected chi connectivity index (χ4v) is 4.52. The van der Waals surface area contributed by atoms with Crippen molar-refractivity contribution in [3.63, 3.8) is 0 Å². The Morgan fingerprint density at radius 2 is 2.00 bits per heavy atom. The molecule has 6 nitrogen and oxygen atoms in total. The number of hydrogen-bond acceptors (Lipinski definition) is 5. The summed E-state index contributed by atoms with van der Waals surface area (Å²) in [4.78, 5) is 26.4. The molecule has 162 valence electrons. The van der Waals surface area contributed by atoms with Crippen molar-refractivity contribution in [2.24, 2.45) is 0 Å². The number of benzene rings is 1. The highest BCUT2D eigenvalue weighted by Crippen LogP contribution is 2.29. The zero-order valence-electron chi connectivity index (χ0n) is 17.3. The number of nitrogens with zero attached hydrogens (tertiary/aromatic N) is 1. The molecule has 1 saturated heterocycles. The Labute approximate surface area is 181 Å². The van der Waals surface area contributed by atoms with Crippen LogP contribution in [-0.4, -0.2) is 34.7 Å². The van der Waals surface area contributed by atoms with E-state index in [0.29, 0.717) is 24.5 Å². The van der Waals surface area contributed by atoms with Gasteiger partial charge in [0.15, 0.2) is 0 Å². The number of carbonyl (C=O) groups excluding carboxylic acids is 1. The lowest BCUT2D eigenvalue weighted by Gasteiger charge is -2.25. The maximum Gasteiger partial charge on any atom is 0.345 e. The molecule has 0 saturated carbocycles. The second-order valence-electron chi connectivity index (χ2n) is 7.65. The van der Waals surface area contributed by atoms with Gasteiger partial charge in [-0.15, -0.1) is 11.3 Å². The van der Waals surface area contributed by atoms with Crippen LogP contribution in [0, 0.1) is 0 Å². The molecule has 1 aliphatic heterocycles. The van der Waals surface area contributed by atoms with Gasteiger partial charge in [-0.3, -0.25) is 4.79 Å². The largest absolute Gasteiger partial charge is 0.477 e. The molecule has 1 aromatic carbocycles. The average Bonchev–Trinajstić information content (AvgIpc) is 3.35. The number of rotatable bonds is 11. The molecule has 2 aromatic rings. The highest BCUT2D eigenvalue weighted by Gasteiger charge is 2.32. The van der Waals surface area contributed by atoms with E-state index in [1.54, 1.807) is 17.0 Å². The Morgan fingerprint density at radius 3 is 2.67 bits per heavy atom. The first kappa shape index (κ1) is 22.5. The number of ether oxygens (including phenoxy) is 1. The SMILES string of the molecule is CCCCCC(O)c1ccc(N2C(=O)CCC2COCc2ccc(C(=O)O)s2)cc1. The van der Waals surface area contributed by atoms with Crippen LogP contribution in [0.5, 0.6) is 0 Å². The van der Waals surface area contributed by atoms with Crippen molar-refractivity contribution in [1.82, 2.24) is 0 Å². The summed E-state index contributed by atoms with van der Waals surface area (Å²) in [5, 5.41) is 19.3. The van der Waals surface area contributed by atoms with Crippen molar-refractivity contribution in [2.75, 3.05) is 11.5 Å². The minimum atomic E-state index is -0.933. The summed E-state index contributed by atoms with van der Waals surface area (Å²) in [6, 6.07) is 10.9. The van der Waals surface area contributed by atoms with Crippen molar-refractivity contribution in [3.05, 3.63) is 51.7 Å². The molecule has 2 atom stereocenters. The number of anilines is 1. The molecular formula is C23H29NO5S. The summed E-state index contributed by atoms with van der Waals surface area (Å²) in [5.74, 6) is -0.859. The average molecular weight is 432 g/mol. The normalized spacial score (nSPS) is 17.5. The molecule has 7 heteroatoms. The lowest BCUT2D eigenvalue weighted by atomic mass is 10.0. The number of amides is 1. The Morgan fingerprint density at radius 1 is 1.23 bits per heavy atom. The fourth-order valence-electron chi connectivity index (χ4n) is 3.73. The van der Waals surface area contributed by atoms with Crippen molar-refractivity contribution in [1.29, 1.82) is 0 Å². The van der Waals surface area contributed by atoms with Gasteiger partial charge in [0, 0.05) is 17.0 Å². The molecule has 2 unspecified atom stereocenters. The minimum Gasteiger partial charge on any atom is -0.477 e. The van der Waals surface area contributed by atoms with Crippen molar-refractivity contribution >= 4 is 28.9 Å². The standard InChI is InChI=1S/C23H29NO5S/c1-2-3-4-5-20(25)16-6-8-17(9-7-16)24-18(10-13-22(24)26)14-29-15-19-11-12-21(30-19)23(27)28/h6-9,11-12,18,20,25H,2-5,10,13-15H2,1H3,(H,27,28). The smallest absolute Gasteiger partial charge is 0.345 e. The van der Waals surface area contributed by atoms with Gasteiger partial charge in [0.25, 0.3) is 0 Å². The molecule has 0 radical (unpaired) electrons.